The molecule has 1 aliphatic rings. The van der Waals surface area contributed by atoms with Gasteiger partial charge in [0.1, 0.15) is 5.82 Å². The van der Waals surface area contributed by atoms with Gasteiger partial charge in [-0.25, -0.2) is 12.8 Å². The average Bonchev–Trinajstić information content (AvgIpc) is 2.68. The van der Waals surface area contributed by atoms with Crippen LogP contribution in [0.15, 0.2) is 53.4 Å². The minimum Gasteiger partial charge on any atom is -0.352 e. The largest absolute Gasteiger partial charge is 0.352 e. The third kappa shape index (κ3) is 4.86. The van der Waals surface area contributed by atoms with E-state index < -0.39 is 21.8 Å². The fraction of sp³-hybridized carbons (Fsp3) is 0.316. The summed E-state index contributed by atoms with van der Waals surface area (Å²) in [6, 6.07) is 11.9. The zero-order chi connectivity index (χ0) is 19.4. The number of piperidine rings is 1. The lowest BCUT2D eigenvalue weighted by atomic mass is 9.99. The number of sulfonamides is 1. The normalized spacial score (nSPS) is 18.2. The summed E-state index contributed by atoms with van der Waals surface area (Å²) in [5.41, 5.74) is 0.916. The van der Waals surface area contributed by atoms with Crippen LogP contribution in [0.3, 0.4) is 0 Å². The molecule has 144 valence electrons. The van der Waals surface area contributed by atoms with E-state index in [0.29, 0.717) is 31.0 Å². The van der Waals surface area contributed by atoms with E-state index in [1.165, 1.54) is 16.4 Å². The molecule has 0 radical (unpaired) electrons. The number of benzene rings is 2. The fourth-order valence-corrected chi connectivity index (χ4v) is 4.72. The van der Waals surface area contributed by atoms with E-state index in [1.54, 1.807) is 12.1 Å². The molecular formula is C19H20ClFN2O3S. The predicted molar refractivity (Wildman–Crippen MR) is 101 cm³/mol. The number of nitrogens with one attached hydrogen (secondary N) is 1. The number of hydrogen-bond donors (Lipinski definition) is 1. The summed E-state index contributed by atoms with van der Waals surface area (Å²) in [6.45, 7) is 0.823. The lowest BCUT2D eigenvalue weighted by molar-refractivity contribution is -0.126. The van der Waals surface area contributed by atoms with Crippen molar-refractivity contribution >= 4 is 27.5 Å². The van der Waals surface area contributed by atoms with Gasteiger partial charge >= 0.3 is 0 Å². The third-order valence-corrected chi connectivity index (χ3v) is 6.72. The van der Waals surface area contributed by atoms with Crippen LogP contribution in [0, 0.1) is 11.7 Å². The molecule has 5 nitrogen and oxygen atoms in total. The summed E-state index contributed by atoms with van der Waals surface area (Å²) in [4.78, 5) is 12.5. The molecule has 0 aliphatic carbocycles. The van der Waals surface area contributed by atoms with Crippen molar-refractivity contribution in [2.45, 2.75) is 24.3 Å². The van der Waals surface area contributed by atoms with Crippen molar-refractivity contribution in [2.24, 2.45) is 5.92 Å². The number of carbonyl (C=O) groups is 1. The van der Waals surface area contributed by atoms with E-state index in [9.17, 15) is 17.6 Å². The van der Waals surface area contributed by atoms with E-state index in [4.69, 9.17) is 11.6 Å². The van der Waals surface area contributed by atoms with Crippen LogP contribution in [-0.2, 0) is 21.4 Å². The molecule has 1 atom stereocenters. The Balaban J connectivity index is 1.63. The van der Waals surface area contributed by atoms with E-state index in [1.807, 2.05) is 12.1 Å². The molecule has 0 bridgehead atoms. The molecule has 1 saturated heterocycles. The van der Waals surface area contributed by atoms with Crippen molar-refractivity contribution in [2.75, 3.05) is 13.1 Å². The highest BCUT2D eigenvalue weighted by atomic mass is 35.5. The highest BCUT2D eigenvalue weighted by Gasteiger charge is 2.33. The minimum atomic E-state index is -3.75. The Morgan fingerprint density at radius 3 is 2.48 bits per heavy atom. The van der Waals surface area contributed by atoms with Gasteiger partial charge in [-0.15, -0.1) is 0 Å². The standard InChI is InChI=1S/C19H20ClFN2O3S/c20-16-5-3-14(4-6-16)12-22-19(24)15-2-1-11-23(13-15)27(25,26)18-9-7-17(21)8-10-18/h3-10,15H,1-2,11-13H2,(H,22,24)/t15-/m0/s1. The highest BCUT2D eigenvalue weighted by Crippen LogP contribution is 2.24. The average molecular weight is 411 g/mol. The number of amides is 1. The van der Waals surface area contributed by atoms with Crippen LogP contribution in [0.2, 0.25) is 5.02 Å². The predicted octanol–water partition coefficient (Wildman–Crippen LogP) is 3.20. The number of rotatable bonds is 5. The van der Waals surface area contributed by atoms with Crippen LogP contribution >= 0.6 is 11.6 Å². The Labute approximate surface area is 163 Å². The molecule has 2 aromatic rings. The van der Waals surface area contributed by atoms with E-state index in [2.05, 4.69) is 5.32 Å². The molecule has 2 aromatic carbocycles. The molecule has 1 fully saturated rings. The van der Waals surface area contributed by atoms with Gasteiger partial charge in [-0.3, -0.25) is 4.79 Å². The maximum Gasteiger partial charge on any atom is 0.243 e. The van der Waals surface area contributed by atoms with Crippen molar-refractivity contribution in [3.8, 4) is 0 Å². The lowest BCUT2D eigenvalue weighted by Crippen LogP contribution is -2.45. The van der Waals surface area contributed by atoms with Gasteiger partial charge in [0, 0.05) is 24.7 Å². The summed E-state index contributed by atoms with van der Waals surface area (Å²) < 4.78 is 39.8. The molecular weight excluding hydrogens is 391 g/mol. The fourth-order valence-electron chi connectivity index (χ4n) is 3.07. The Morgan fingerprint density at radius 2 is 1.81 bits per heavy atom. The van der Waals surface area contributed by atoms with Gasteiger partial charge in [0.2, 0.25) is 15.9 Å². The molecule has 0 saturated carbocycles. The van der Waals surface area contributed by atoms with Crippen LogP contribution in [0.1, 0.15) is 18.4 Å². The van der Waals surface area contributed by atoms with Crippen LogP contribution in [0.5, 0.6) is 0 Å². The Kier molecular flexibility index (Phi) is 6.14. The second kappa shape index (κ2) is 8.37. The molecule has 0 spiro atoms. The summed E-state index contributed by atoms with van der Waals surface area (Å²) >= 11 is 5.84. The molecule has 27 heavy (non-hydrogen) atoms. The van der Waals surface area contributed by atoms with Crippen LogP contribution in [0.25, 0.3) is 0 Å². The molecule has 8 heteroatoms. The monoisotopic (exact) mass is 410 g/mol. The first-order valence-corrected chi connectivity index (χ1v) is 10.5. The van der Waals surface area contributed by atoms with Gasteiger partial charge in [0.25, 0.3) is 0 Å². The SMILES string of the molecule is O=C(NCc1ccc(Cl)cc1)[C@H]1CCCN(S(=O)(=O)c2ccc(F)cc2)C1. The third-order valence-electron chi connectivity index (χ3n) is 4.59. The van der Waals surface area contributed by atoms with Crippen molar-refractivity contribution in [3.05, 3.63) is 64.9 Å². The summed E-state index contributed by atoms with van der Waals surface area (Å²) in [5.74, 6) is -1.09. The zero-order valence-electron chi connectivity index (χ0n) is 14.6. The first-order chi connectivity index (χ1) is 12.9. The summed E-state index contributed by atoms with van der Waals surface area (Å²) in [6.07, 6.45) is 1.22. The van der Waals surface area contributed by atoms with Crippen LogP contribution in [0.4, 0.5) is 4.39 Å². The maximum atomic E-state index is 13.1. The highest BCUT2D eigenvalue weighted by molar-refractivity contribution is 7.89. The van der Waals surface area contributed by atoms with Gasteiger partial charge in [-0.2, -0.15) is 4.31 Å². The van der Waals surface area contributed by atoms with Gasteiger partial charge < -0.3 is 5.32 Å². The molecule has 3 rings (SSSR count). The zero-order valence-corrected chi connectivity index (χ0v) is 16.1. The van der Waals surface area contributed by atoms with Crippen molar-refractivity contribution in [1.82, 2.24) is 9.62 Å². The Bertz CT molecular complexity index is 902. The number of halogens is 2. The van der Waals surface area contributed by atoms with Crippen molar-refractivity contribution in [3.63, 3.8) is 0 Å². The minimum absolute atomic E-state index is 0.0334. The van der Waals surface area contributed by atoms with E-state index >= 15 is 0 Å². The Hall–Kier alpha value is -1.96. The second-order valence-corrected chi connectivity index (χ2v) is 8.87. The molecule has 0 aromatic heterocycles. The molecule has 1 N–H and O–H groups in total. The van der Waals surface area contributed by atoms with Gasteiger partial charge in [-0.1, -0.05) is 23.7 Å². The van der Waals surface area contributed by atoms with Gasteiger partial charge in [-0.05, 0) is 54.8 Å². The quantitative estimate of drug-likeness (QED) is 0.823. The second-order valence-electron chi connectivity index (χ2n) is 6.50. The summed E-state index contributed by atoms with van der Waals surface area (Å²) in [7, 11) is -3.75. The first-order valence-electron chi connectivity index (χ1n) is 8.64. The molecule has 1 amide bonds. The van der Waals surface area contributed by atoms with E-state index in [-0.39, 0.29) is 17.3 Å². The van der Waals surface area contributed by atoms with E-state index in [0.717, 1.165) is 17.7 Å². The topological polar surface area (TPSA) is 66.5 Å². The first kappa shape index (κ1) is 19.8. The Morgan fingerprint density at radius 1 is 1.15 bits per heavy atom. The molecule has 1 heterocycles. The molecule has 1 aliphatic heterocycles. The smallest absolute Gasteiger partial charge is 0.243 e. The summed E-state index contributed by atoms with van der Waals surface area (Å²) in [5, 5.41) is 3.48. The van der Waals surface area contributed by atoms with Crippen molar-refractivity contribution in [1.29, 1.82) is 0 Å². The maximum absolute atomic E-state index is 13.1. The molecule has 0 unspecified atom stereocenters. The van der Waals surface area contributed by atoms with Crippen LogP contribution in [-0.4, -0.2) is 31.7 Å². The number of carbonyl (C=O) groups excluding carboxylic acids is 1. The number of nitrogens with zero attached hydrogens (tertiary/aromatic N) is 1. The van der Waals surface area contributed by atoms with Crippen molar-refractivity contribution < 1.29 is 17.6 Å². The number of hydrogen-bond acceptors (Lipinski definition) is 3. The van der Waals surface area contributed by atoms with Crippen LogP contribution < -0.4 is 5.32 Å². The lowest BCUT2D eigenvalue weighted by Gasteiger charge is -2.31. The van der Waals surface area contributed by atoms with Gasteiger partial charge in [0.15, 0.2) is 0 Å². The van der Waals surface area contributed by atoms with Gasteiger partial charge in [0.05, 0.1) is 10.8 Å².